The van der Waals surface area contributed by atoms with E-state index >= 15 is 0 Å². The van der Waals surface area contributed by atoms with Gasteiger partial charge in [0.05, 0.1) is 0 Å². The van der Waals surface area contributed by atoms with Crippen LogP contribution < -0.4 is 11.3 Å². The standard InChI is InChI=1S/C12H11FN2O/c13-10-3-1-2-8(6-10)11-5-4-9(7-14)12(16)15-11/h1-6H,7,14H2,(H,15,16). The van der Waals surface area contributed by atoms with E-state index in [2.05, 4.69) is 4.98 Å². The maximum atomic E-state index is 13.0. The number of pyridine rings is 1. The van der Waals surface area contributed by atoms with Gasteiger partial charge >= 0.3 is 0 Å². The van der Waals surface area contributed by atoms with Gasteiger partial charge in [-0.2, -0.15) is 0 Å². The Hall–Kier alpha value is -1.94. The number of hydrogen-bond acceptors (Lipinski definition) is 2. The first-order valence-electron chi connectivity index (χ1n) is 4.89. The van der Waals surface area contributed by atoms with Gasteiger partial charge < -0.3 is 10.7 Å². The lowest BCUT2D eigenvalue weighted by Gasteiger charge is -2.02. The number of nitrogens with two attached hydrogens (primary N) is 1. The van der Waals surface area contributed by atoms with Crippen LogP contribution in [-0.2, 0) is 6.54 Å². The van der Waals surface area contributed by atoms with Gasteiger partial charge in [-0.05, 0) is 18.2 Å². The second-order valence-corrected chi connectivity index (χ2v) is 3.44. The molecule has 0 aliphatic heterocycles. The molecular weight excluding hydrogens is 207 g/mol. The second-order valence-electron chi connectivity index (χ2n) is 3.44. The zero-order valence-corrected chi connectivity index (χ0v) is 8.53. The molecular formula is C12H11FN2O. The van der Waals surface area contributed by atoms with Gasteiger partial charge in [0.2, 0.25) is 0 Å². The zero-order chi connectivity index (χ0) is 11.5. The Kier molecular flexibility index (Phi) is 2.83. The van der Waals surface area contributed by atoms with E-state index in [9.17, 15) is 9.18 Å². The van der Waals surface area contributed by atoms with Crippen molar-refractivity contribution in [3.8, 4) is 11.3 Å². The summed E-state index contributed by atoms with van der Waals surface area (Å²) in [7, 11) is 0. The van der Waals surface area contributed by atoms with E-state index in [1.165, 1.54) is 12.1 Å². The molecule has 0 saturated heterocycles. The maximum Gasteiger partial charge on any atom is 0.252 e. The Morgan fingerprint density at radius 2 is 2.06 bits per heavy atom. The summed E-state index contributed by atoms with van der Waals surface area (Å²) in [6.07, 6.45) is 0. The summed E-state index contributed by atoms with van der Waals surface area (Å²) in [5.74, 6) is -0.332. The van der Waals surface area contributed by atoms with Gasteiger partial charge in [0.25, 0.3) is 5.56 Å². The van der Waals surface area contributed by atoms with Gasteiger partial charge in [0.15, 0.2) is 0 Å². The minimum atomic E-state index is -0.332. The van der Waals surface area contributed by atoms with Crippen LogP contribution in [0.3, 0.4) is 0 Å². The van der Waals surface area contributed by atoms with Crippen molar-refractivity contribution >= 4 is 0 Å². The molecule has 4 heteroatoms. The van der Waals surface area contributed by atoms with E-state index in [1.54, 1.807) is 24.3 Å². The van der Waals surface area contributed by atoms with Crippen LogP contribution in [0, 0.1) is 5.82 Å². The van der Waals surface area contributed by atoms with Gasteiger partial charge in [0.1, 0.15) is 5.82 Å². The van der Waals surface area contributed by atoms with Crippen molar-refractivity contribution in [3.05, 3.63) is 58.1 Å². The van der Waals surface area contributed by atoms with Crippen LogP contribution >= 0.6 is 0 Å². The van der Waals surface area contributed by atoms with Crippen LogP contribution in [0.15, 0.2) is 41.2 Å². The van der Waals surface area contributed by atoms with Gasteiger partial charge in [-0.15, -0.1) is 0 Å². The highest BCUT2D eigenvalue weighted by molar-refractivity contribution is 5.58. The summed E-state index contributed by atoms with van der Waals surface area (Å²) >= 11 is 0. The van der Waals surface area contributed by atoms with Gasteiger partial charge in [0, 0.05) is 23.4 Å². The highest BCUT2D eigenvalue weighted by Gasteiger charge is 2.02. The molecule has 1 aromatic carbocycles. The topological polar surface area (TPSA) is 58.9 Å². The predicted octanol–water partition coefficient (Wildman–Crippen LogP) is 1.64. The molecule has 16 heavy (non-hydrogen) atoms. The minimum absolute atomic E-state index is 0.193. The molecule has 0 spiro atoms. The number of halogens is 1. The van der Waals surface area contributed by atoms with Crippen molar-refractivity contribution in [2.45, 2.75) is 6.54 Å². The van der Waals surface area contributed by atoms with Gasteiger partial charge in [-0.1, -0.05) is 18.2 Å². The third-order valence-electron chi connectivity index (χ3n) is 2.35. The van der Waals surface area contributed by atoms with Crippen molar-refractivity contribution in [3.63, 3.8) is 0 Å². The monoisotopic (exact) mass is 218 g/mol. The van der Waals surface area contributed by atoms with Crippen molar-refractivity contribution in [1.82, 2.24) is 4.98 Å². The fraction of sp³-hybridized carbons (Fsp3) is 0.0833. The van der Waals surface area contributed by atoms with Crippen LogP contribution in [0.2, 0.25) is 0 Å². The highest BCUT2D eigenvalue weighted by atomic mass is 19.1. The molecule has 3 N–H and O–H groups in total. The predicted molar refractivity (Wildman–Crippen MR) is 60.3 cm³/mol. The number of H-pyrrole nitrogens is 1. The van der Waals surface area contributed by atoms with Crippen molar-refractivity contribution in [2.75, 3.05) is 0 Å². The smallest absolute Gasteiger partial charge is 0.252 e. The molecule has 82 valence electrons. The Bertz CT molecular complexity index is 563. The third-order valence-corrected chi connectivity index (χ3v) is 2.35. The van der Waals surface area contributed by atoms with E-state index in [0.717, 1.165) is 0 Å². The minimum Gasteiger partial charge on any atom is -0.326 e. The van der Waals surface area contributed by atoms with E-state index in [0.29, 0.717) is 16.8 Å². The van der Waals surface area contributed by atoms with E-state index in [4.69, 9.17) is 5.73 Å². The molecule has 3 nitrogen and oxygen atoms in total. The van der Waals surface area contributed by atoms with Crippen LogP contribution in [-0.4, -0.2) is 4.98 Å². The Balaban J connectivity index is 2.49. The van der Waals surface area contributed by atoms with Gasteiger partial charge in [-0.3, -0.25) is 4.79 Å². The fourth-order valence-electron chi connectivity index (χ4n) is 1.49. The number of aromatic amines is 1. The molecule has 1 heterocycles. The Morgan fingerprint density at radius 1 is 1.25 bits per heavy atom. The molecule has 0 bridgehead atoms. The molecule has 0 saturated carbocycles. The average molecular weight is 218 g/mol. The molecule has 2 rings (SSSR count). The first-order valence-corrected chi connectivity index (χ1v) is 4.89. The van der Waals surface area contributed by atoms with Crippen LogP contribution in [0.4, 0.5) is 4.39 Å². The molecule has 0 unspecified atom stereocenters. The first-order chi connectivity index (χ1) is 7.70. The van der Waals surface area contributed by atoms with E-state index in [-0.39, 0.29) is 17.9 Å². The molecule has 0 amide bonds. The van der Waals surface area contributed by atoms with Crippen molar-refractivity contribution < 1.29 is 4.39 Å². The van der Waals surface area contributed by atoms with Crippen LogP contribution in [0.5, 0.6) is 0 Å². The zero-order valence-electron chi connectivity index (χ0n) is 8.53. The molecule has 0 aliphatic carbocycles. The number of nitrogens with one attached hydrogen (secondary N) is 1. The Labute approximate surface area is 91.7 Å². The molecule has 1 aromatic heterocycles. The van der Waals surface area contributed by atoms with Gasteiger partial charge in [-0.25, -0.2) is 4.39 Å². The van der Waals surface area contributed by atoms with E-state index in [1.807, 2.05) is 0 Å². The largest absolute Gasteiger partial charge is 0.326 e. The summed E-state index contributed by atoms with van der Waals surface area (Å²) in [6, 6.07) is 9.43. The molecule has 0 fully saturated rings. The molecule has 0 radical (unpaired) electrons. The summed E-state index contributed by atoms with van der Waals surface area (Å²) < 4.78 is 13.0. The summed E-state index contributed by atoms with van der Waals surface area (Å²) in [5.41, 5.74) is 6.89. The quantitative estimate of drug-likeness (QED) is 0.805. The second kappa shape index (κ2) is 4.28. The summed E-state index contributed by atoms with van der Waals surface area (Å²) in [4.78, 5) is 14.2. The van der Waals surface area contributed by atoms with E-state index < -0.39 is 0 Å². The molecule has 2 aromatic rings. The maximum absolute atomic E-state index is 13.0. The molecule has 0 aliphatic rings. The summed E-state index contributed by atoms with van der Waals surface area (Å²) in [5, 5.41) is 0. The number of rotatable bonds is 2. The first kappa shape index (κ1) is 10.6. The lowest BCUT2D eigenvalue weighted by Crippen LogP contribution is -2.15. The molecule has 0 atom stereocenters. The SMILES string of the molecule is NCc1ccc(-c2cccc(F)c2)[nH]c1=O. The lowest BCUT2D eigenvalue weighted by molar-refractivity contribution is 0.628. The van der Waals surface area contributed by atoms with Crippen LogP contribution in [0.25, 0.3) is 11.3 Å². The Morgan fingerprint density at radius 3 is 2.69 bits per heavy atom. The lowest BCUT2D eigenvalue weighted by atomic mass is 10.1. The fourth-order valence-corrected chi connectivity index (χ4v) is 1.49. The number of benzene rings is 1. The third kappa shape index (κ3) is 2.01. The van der Waals surface area contributed by atoms with Crippen molar-refractivity contribution in [1.29, 1.82) is 0 Å². The number of aromatic nitrogens is 1. The highest BCUT2D eigenvalue weighted by Crippen LogP contribution is 2.16. The average Bonchev–Trinajstić information content (AvgIpc) is 2.29. The van der Waals surface area contributed by atoms with Crippen LogP contribution in [0.1, 0.15) is 5.56 Å². The summed E-state index contributed by atoms with van der Waals surface area (Å²) in [6.45, 7) is 0.193. The number of hydrogen-bond donors (Lipinski definition) is 2. The van der Waals surface area contributed by atoms with Crippen molar-refractivity contribution in [2.24, 2.45) is 5.73 Å². The normalized spacial score (nSPS) is 10.4.